The fourth-order valence-electron chi connectivity index (χ4n) is 2.72. The summed E-state index contributed by atoms with van der Waals surface area (Å²) in [5.74, 6) is 0.980. The van der Waals surface area contributed by atoms with Gasteiger partial charge in [-0.1, -0.05) is 23.7 Å². The van der Waals surface area contributed by atoms with Crippen molar-refractivity contribution in [3.8, 4) is 11.1 Å². The zero-order valence-corrected chi connectivity index (χ0v) is 13.9. The maximum atomic E-state index is 10.8. The van der Waals surface area contributed by atoms with Crippen molar-refractivity contribution >= 4 is 23.5 Å². The van der Waals surface area contributed by atoms with Gasteiger partial charge in [-0.25, -0.2) is 9.48 Å². The van der Waals surface area contributed by atoms with Gasteiger partial charge in [0.1, 0.15) is 12.4 Å². The van der Waals surface area contributed by atoms with E-state index in [1.165, 1.54) is 0 Å². The first-order chi connectivity index (χ1) is 11.6. The van der Waals surface area contributed by atoms with Crippen LogP contribution in [0.4, 0.5) is 10.6 Å². The molecule has 24 heavy (non-hydrogen) atoms. The van der Waals surface area contributed by atoms with Crippen LogP contribution >= 0.6 is 11.6 Å². The topological polar surface area (TPSA) is 82.6 Å². The lowest BCUT2D eigenvalue weighted by Crippen LogP contribution is -2.38. The van der Waals surface area contributed by atoms with E-state index in [4.69, 9.17) is 26.8 Å². The number of nitrogens with two attached hydrogens (primary N) is 1. The van der Waals surface area contributed by atoms with Gasteiger partial charge >= 0.3 is 6.09 Å². The average molecular weight is 351 g/mol. The van der Waals surface area contributed by atoms with E-state index in [0.29, 0.717) is 24.8 Å². The molecule has 0 spiro atoms. The van der Waals surface area contributed by atoms with Crippen molar-refractivity contribution < 1.29 is 14.3 Å². The molecule has 0 saturated carbocycles. The zero-order chi connectivity index (χ0) is 16.9. The minimum atomic E-state index is -0.784. The van der Waals surface area contributed by atoms with Crippen molar-refractivity contribution in [2.75, 3.05) is 37.8 Å². The van der Waals surface area contributed by atoms with E-state index in [2.05, 4.69) is 10.00 Å². The van der Waals surface area contributed by atoms with Crippen LogP contribution < -0.4 is 10.6 Å². The third-order valence-corrected chi connectivity index (χ3v) is 4.08. The van der Waals surface area contributed by atoms with Crippen molar-refractivity contribution in [2.24, 2.45) is 5.73 Å². The highest BCUT2D eigenvalue weighted by Gasteiger charge is 2.21. The SMILES string of the molecule is NC(=O)OCCn1ncc(-c2ccc(Cl)cc2)c1N1CCOCC1. The monoisotopic (exact) mass is 350 g/mol. The third-order valence-electron chi connectivity index (χ3n) is 3.82. The summed E-state index contributed by atoms with van der Waals surface area (Å²) in [7, 11) is 0. The molecule has 1 aliphatic heterocycles. The van der Waals surface area contributed by atoms with Gasteiger partial charge in [-0.3, -0.25) is 0 Å². The van der Waals surface area contributed by atoms with Gasteiger partial charge < -0.3 is 20.1 Å². The molecule has 2 heterocycles. The van der Waals surface area contributed by atoms with Crippen LogP contribution in [0.2, 0.25) is 5.02 Å². The first kappa shape index (κ1) is 16.6. The summed E-state index contributed by atoms with van der Waals surface area (Å²) in [4.78, 5) is 13.0. The van der Waals surface area contributed by atoms with E-state index in [1.807, 2.05) is 35.1 Å². The second-order valence-electron chi connectivity index (χ2n) is 5.38. The zero-order valence-electron chi connectivity index (χ0n) is 13.2. The Labute approximate surface area is 144 Å². The Morgan fingerprint density at radius 3 is 2.67 bits per heavy atom. The Bertz CT molecular complexity index is 696. The smallest absolute Gasteiger partial charge is 0.404 e. The molecule has 2 aromatic rings. The molecule has 0 atom stereocenters. The van der Waals surface area contributed by atoms with Crippen molar-refractivity contribution in [2.45, 2.75) is 6.54 Å². The van der Waals surface area contributed by atoms with Crippen molar-refractivity contribution in [1.82, 2.24) is 9.78 Å². The number of nitrogens with zero attached hydrogens (tertiary/aromatic N) is 3. The number of hydrogen-bond acceptors (Lipinski definition) is 5. The minimum Gasteiger partial charge on any atom is -0.448 e. The number of benzene rings is 1. The fourth-order valence-corrected chi connectivity index (χ4v) is 2.84. The summed E-state index contributed by atoms with van der Waals surface area (Å²) in [5.41, 5.74) is 7.06. The molecular weight excluding hydrogens is 332 g/mol. The third kappa shape index (κ3) is 3.80. The summed E-state index contributed by atoms with van der Waals surface area (Å²) in [5, 5.41) is 5.14. The molecule has 128 valence electrons. The molecule has 1 amide bonds. The van der Waals surface area contributed by atoms with Crippen LogP contribution in [-0.4, -0.2) is 48.8 Å². The number of carbonyl (C=O) groups excluding carboxylic acids is 1. The number of primary amides is 1. The molecule has 1 saturated heterocycles. The molecule has 1 aromatic carbocycles. The lowest BCUT2D eigenvalue weighted by molar-refractivity contribution is 0.121. The number of anilines is 1. The van der Waals surface area contributed by atoms with Gasteiger partial charge in [-0.2, -0.15) is 5.10 Å². The van der Waals surface area contributed by atoms with Gasteiger partial charge in [0.05, 0.1) is 26.0 Å². The van der Waals surface area contributed by atoms with Crippen molar-refractivity contribution in [3.05, 3.63) is 35.5 Å². The first-order valence-electron chi connectivity index (χ1n) is 7.72. The minimum absolute atomic E-state index is 0.175. The fraction of sp³-hybridized carbons (Fsp3) is 0.375. The summed E-state index contributed by atoms with van der Waals surface area (Å²) in [6.07, 6.45) is 1.03. The summed E-state index contributed by atoms with van der Waals surface area (Å²) in [6, 6.07) is 7.64. The van der Waals surface area contributed by atoms with Gasteiger partial charge in [0.25, 0.3) is 0 Å². The highest BCUT2D eigenvalue weighted by atomic mass is 35.5. The van der Waals surface area contributed by atoms with Crippen LogP contribution in [0, 0.1) is 0 Å². The number of amides is 1. The molecular formula is C16H19ClN4O3. The van der Waals surface area contributed by atoms with Crippen LogP contribution in [0.15, 0.2) is 30.5 Å². The summed E-state index contributed by atoms with van der Waals surface area (Å²) in [6.45, 7) is 3.51. The Morgan fingerprint density at radius 1 is 1.29 bits per heavy atom. The first-order valence-corrected chi connectivity index (χ1v) is 8.09. The van der Waals surface area contributed by atoms with Gasteiger partial charge in [0.15, 0.2) is 0 Å². The highest BCUT2D eigenvalue weighted by Crippen LogP contribution is 2.32. The maximum Gasteiger partial charge on any atom is 0.404 e. The predicted octanol–water partition coefficient (Wildman–Crippen LogP) is 2.14. The average Bonchev–Trinajstić information content (AvgIpc) is 3.00. The van der Waals surface area contributed by atoms with Crippen LogP contribution in [0.5, 0.6) is 0 Å². The molecule has 1 fully saturated rings. The number of carbonyl (C=O) groups is 1. The van der Waals surface area contributed by atoms with Gasteiger partial charge in [0.2, 0.25) is 0 Å². The van der Waals surface area contributed by atoms with E-state index in [9.17, 15) is 4.79 Å². The van der Waals surface area contributed by atoms with E-state index in [1.54, 1.807) is 0 Å². The second kappa shape index (κ2) is 7.55. The van der Waals surface area contributed by atoms with E-state index in [-0.39, 0.29) is 6.61 Å². The Morgan fingerprint density at radius 2 is 2.00 bits per heavy atom. The van der Waals surface area contributed by atoms with Crippen LogP contribution in [-0.2, 0) is 16.0 Å². The van der Waals surface area contributed by atoms with Crippen LogP contribution in [0.3, 0.4) is 0 Å². The molecule has 1 aromatic heterocycles. The molecule has 0 radical (unpaired) electrons. The summed E-state index contributed by atoms with van der Waals surface area (Å²) < 4.78 is 12.1. The van der Waals surface area contributed by atoms with E-state index < -0.39 is 6.09 Å². The lowest BCUT2D eigenvalue weighted by Gasteiger charge is -2.30. The number of morpholine rings is 1. The molecule has 1 aliphatic rings. The van der Waals surface area contributed by atoms with Gasteiger partial charge in [0, 0.05) is 23.7 Å². The number of hydrogen-bond donors (Lipinski definition) is 1. The largest absolute Gasteiger partial charge is 0.448 e. The Hall–Kier alpha value is -2.25. The van der Waals surface area contributed by atoms with Crippen molar-refractivity contribution in [1.29, 1.82) is 0 Å². The molecule has 2 N–H and O–H groups in total. The molecule has 3 rings (SSSR count). The van der Waals surface area contributed by atoms with E-state index >= 15 is 0 Å². The standard InChI is InChI=1S/C16H19ClN4O3/c17-13-3-1-12(2-4-13)14-11-19-21(7-10-24-16(18)22)15(14)20-5-8-23-9-6-20/h1-4,11H,5-10H2,(H2,18,22). The summed E-state index contributed by atoms with van der Waals surface area (Å²) >= 11 is 5.98. The van der Waals surface area contributed by atoms with Crippen LogP contribution in [0.1, 0.15) is 0 Å². The molecule has 7 nitrogen and oxygen atoms in total. The number of ether oxygens (including phenoxy) is 2. The molecule has 0 aliphatic carbocycles. The quantitative estimate of drug-likeness (QED) is 0.893. The predicted molar refractivity (Wildman–Crippen MR) is 91.2 cm³/mol. The maximum absolute atomic E-state index is 10.8. The van der Waals surface area contributed by atoms with E-state index in [0.717, 1.165) is 30.0 Å². The Kier molecular flexibility index (Phi) is 5.22. The molecule has 8 heteroatoms. The van der Waals surface area contributed by atoms with Crippen LogP contribution in [0.25, 0.3) is 11.1 Å². The molecule has 0 unspecified atom stereocenters. The normalized spacial score (nSPS) is 14.6. The lowest BCUT2D eigenvalue weighted by atomic mass is 10.1. The number of rotatable bonds is 5. The van der Waals surface area contributed by atoms with Gasteiger partial charge in [-0.05, 0) is 17.7 Å². The van der Waals surface area contributed by atoms with Crippen molar-refractivity contribution in [3.63, 3.8) is 0 Å². The van der Waals surface area contributed by atoms with Gasteiger partial charge in [-0.15, -0.1) is 0 Å². The highest BCUT2D eigenvalue weighted by molar-refractivity contribution is 6.30. The number of halogens is 1. The second-order valence-corrected chi connectivity index (χ2v) is 5.82. The molecule has 0 bridgehead atoms. The number of aromatic nitrogens is 2. The Balaban J connectivity index is 1.90.